The van der Waals surface area contributed by atoms with E-state index in [1.807, 2.05) is 31.2 Å². The van der Waals surface area contributed by atoms with E-state index in [1.54, 1.807) is 18.2 Å². The Hall–Kier alpha value is -2.53. The van der Waals surface area contributed by atoms with Crippen LogP contribution in [0.3, 0.4) is 0 Å². The fourth-order valence-electron chi connectivity index (χ4n) is 2.19. The van der Waals surface area contributed by atoms with Crippen LogP contribution < -0.4 is 16.0 Å². The molecular weight excluding hydrogens is 326 g/mol. The number of halogens is 1. The number of carbonyl (C=O) groups excluding carboxylic acids is 2. The highest BCUT2D eigenvalue weighted by Gasteiger charge is 2.06. The molecule has 0 aliphatic rings. The summed E-state index contributed by atoms with van der Waals surface area (Å²) in [6.45, 7) is 3.81. The van der Waals surface area contributed by atoms with Crippen molar-refractivity contribution in [3.63, 3.8) is 0 Å². The summed E-state index contributed by atoms with van der Waals surface area (Å²) in [7, 11) is 0. The third-order valence-corrected chi connectivity index (χ3v) is 3.82. The van der Waals surface area contributed by atoms with E-state index < -0.39 is 0 Å². The number of hydrogen-bond donors (Lipinski definition) is 3. The molecule has 0 saturated carbocycles. The zero-order valence-electron chi connectivity index (χ0n) is 13.7. The zero-order valence-corrected chi connectivity index (χ0v) is 14.4. The monoisotopic (exact) mass is 345 g/mol. The third-order valence-electron chi connectivity index (χ3n) is 3.41. The van der Waals surface area contributed by atoms with Crippen molar-refractivity contribution < 1.29 is 9.59 Å². The largest absolute Gasteiger partial charge is 0.384 e. The van der Waals surface area contributed by atoms with Crippen molar-refractivity contribution in [3.05, 3.63) is 53.1 Å². The van der Waals surface area contributed by atoms with Crippen LogP contribution in [-0.2, 0) is 9.59 Å². The van der Waals surface area contributed by atoms with Crippen LogP contribution in [0.2, 0.25) is 5.02 Å². The predicted molar refractivity (Wildman–Crippen MR) is 98.7 cm³/mol. The highest BCUT2D eigenvalue weighted by atomic mass is 35.5. The van der Waals surface area contributed by atoms with Gasteiger partial charge in [-0.2, -0.15) is 0 Å². The lowest BCUT2D eigenvalue weighted by Gasteiger charge is -2.11. The number of carbonyl (C=O) groups is 2. The highest BCUT2D eigenvalue weighted by molar-refractivity contribution is 6.31. The van der Waals surface area contributed by atoms with E-state index in [2.05, 4.69) is 16.0 Å². The Morgan fingerprint density at radius 3 is 2.50 bits per heavy atom. The minimum absolute atomic E-state index is 0.0918. The SMILES string of the molecule is CC(=O)Nc1cccc(NCCC(=O)Nc2cccc(Cl)c2C)c1. The summed E-state index contributed by atoms with van der Waals surface area (Å²) < 4.78 is 0. The molecule has 0 unspecified atom stereocenters. The maximum Gasteiger partial charge on any atom is 0.226 e. The molecule has 2 aromatic rings. The molecule has 0 aliphatic heterocycles. The van der Waals surface area contributed by atoms with Gasteiger partial charge < -0.3 is 16.0 Å². The van der Waals surface area contributed by atoms with Crippen LogP contribution in [-0.4, -0.2) is 18.4 Å². The van der Waals surface area contributed by atoms with E-state index in [1.165, 1.54) is 6.92 Å². The van der Waals surface area contributed by atoms with E-state index in [0.717, 1.165) is 16.9 Å². The molecule has 0 atom stereocenters. The standard InChI is InChI=1S/C18H20ClN3O2/c1-12-16(19)7-4-8-17(12)22-18(24)9-10-20-14-5-3-6-15(11-14)21-13(2)23/h3-8,11,20H,9-10H2,1-2H3,(H,21,23)(H,22,24). The van der Waals surface area contributed by atoms with Crippen molar-refractivity contribution >= 4 is 40.5 Å². The van der Waals surface area contributed by atoms with Gasteiger partial charge in [-0.25, -0.2) is 0 Å². The van der Waals surface area contributed by atoms with E-state index >= 15 is 0 Å². The van der Waals surface area contributed by atoms with Crippen LogP contribution in [0.4, 0.5) is 17.1 Å². The smallest absolute Gasteiger partial charge is 0.226 e. The maximum absolute atomic E-state index is 12.0. The summed E-state index contributed by atoms with van der Waals surface area (Å²) in [6.07, 6.45) is 0.316. The average molecular weight is 346 g/mol. The summed E-state index contributed by atoms with van der Waals surface area (Å²) in [6, 6.07) is 12.8. The highest BCUT2D eigenvalue weighted by Crippen LogP contribution is 2.23. The van der Waals surface area contributed by atoms with Crippen molar-refractivity contribution in [2.24, 2.45) is 0 Å². The molecular formula is C18H20ClN3O2. The molecule has 0 aliphatic carbocycles. The lowest BCUT2D eigenvalue weighted by atomic mass is 10.2. The van der Waals surface area contributed by atoms with Crippen molar-refractivity contribution in [1.82, 2.24) is 0 Å². The molecule has 2 aromatic carbocycles. The normalized spacial score (nSPS) is 10.1. The number of benzene rings is 2. The summed E-state index contributed by atoms with van der Waals surface area (Å²) in [5, 5.41) is 9.36. The molecule has 0 fully saturated rings. The third kappa shape index (κ3) is 5.28. The van der Waals surface area contributed by atoms with Crippen LogP contribution in [0.1, 0.15) is 18.9 Å². The van der Waals surface area contributed by atoms with Crippen molar-refractivity contribution in [1.29, 1.82) is 0 Å². The molecule has 0 bridgehead atoms. The number of nitrogens with one attached hydrogen (secondary N) is 3. The van der Waals surface area contributed by atoms with E-state index in [0.29, 0.717) is 23.7 Å². The predicted octanol–water partition coefficient (Wildman–Crippen LogP) is 4.05. The Labute approximate surface area is 146 Å². The van der Waals surface area contributed by atoms with E-state index in [-0.39, 0.29) is 11.8 Å². The summed E-state index contributed by atoms with van der Waals surface area (Å²) in [5.74, 6) is -0.214. The Bertz CT molecular complexity index is 747. The number of anilines is 3. The van der Waals surface area contributed by atoms with Gasteiger partial charge in [0, 0.05) is 42.0 Å². The van der Waals surface area contributed by atoms with Crippen LogP contribution in [0.25, 0.3) is 0 Å². The van der Waals surface area contributed by atoms with Crippen molar-refractivity contribution in [3.8, 4) is 0 Å². The first-order chi connectivity index (χ1) is 11.5. The Morgan fingerprint density at radius 1 is 1.04 bits per heavy atom. The van der Waals surface area contributed by atoms with Crippen molar-refractivity contribution in [2.75, 3.05) is 22.5 Å². The summed E-state index contributed by atoms with van der Waals surface area (Å²) >= 11 is 6.04. The number of hydrogen-bond acceptors (Lipinski definition) is 3. The average Bonchev–Trinajstić information content (AvgIpc) is 2.51. The van der Waals surface area contributed by atoms with Gasteiger partial charge in [0.15, 0.2) is 0 Å². The van der Waals surface area contributed by atoms with Gasteiger partial charge in [0.1, 0.15) is 0 Å². The second-order valence-electron chi connectivity index (χ2n) is 5.40. The minimum Gasteiger partial charge on any atom is -0.384 e. The van der Waals surface area contributed by atoms with Gasteiger partial charge in [-0.3, -0.25) is 9.59 Å². The molecule has 0 heterocycles. The molecule has 0 radical (unpaired) electrons. The Kier molecular flexibility index (Phi) is 6.21. The number of rotatable bonds is 6. The van der Waals surface area contributed by atoms with Gasteiger partial charge in [-0.05, 0) is 42.8 Å². The number of amides is 2. The quantitative estimate of drug-likeness (QED) is 0.739. The molecule has 5 nitrogen and oxygen atoms in total. The first-order valence-electron chi connectivity index (χ1n) is 7.62. The first kappa shape index (κ1) is 17.8. The Morgan fingerprint density at radius 2 is 1.75 bits per heavy atom. The molecule has 0 saturated heterocycles. The molecule has 6 heteroatoms. The van der Waals surface area contributed by atoms with Crippen LogP contribution >= 0.6 is 11.6 Å². The summed E-state index contributed by atoms with van der Waals surface area (Å²) in [5.41, 5.74) is 3.13. The van der Waals surface area contributed by atoms with Gasteiger partial charge in [0.05, 0.1) is 0 Å². The van der Waals surface area contributed by atoms with Gasteiger partial charge in [0.25, 0.3) is 0 Å². The maximum atomic E-state index is 12.0. The van der Waals surface area contributed by atoms with Crippen LogP contribution in [0, 0.1) is 6.92 Å². The van der Waals surface area contributed by atoms with Gasteiger partial charge in [-0.15, -0.1) is 0 Å². The second-order valence-corrected chi connectivity index (χ2v) is 5.81. The topological polar surface area (TPSA) is 70.2 Å². The lowest BCUT2D eigenvalue weighted by molar-refractivity contribution is -0.116. The molecule has 126 valence electrons. The zero-order chi connectivity index (χ0) is 17.5. The summed E-state index contributed by atoms with van der Waals surface area (Å²) in [4.78, 5) is 23.1. The Balaban J connectivity index is 1.84. The second kappa shape index (κ2) is 8.36. The van der Waals surface area contributed by atoms with E-state index in [9.17, 15) is 9.59 Å². The van der Waals surface area contributed by atoms with Gasteiger partial charge in [-0.1, -0.05) is 23.7 Å². The fraction of sp³-hybridized carbons (Fsp3) is 0.222. The first-order valence-corrected chi connectivity index (χ1v) is 8.00. The lowest BCUT2D eigenvalue weighted by Crippen LogP contribution is -2.17. The molecule has 2 rings (SSSR count). The minimum atomic E-state index is -0.122. The van der Waals surface area contributed by atoms with Crippen molar-refractivity contribution in [2.45, 2.75) is 20.3 Å². The fourth-order valence-corrected chi connectivity index (χ4v) is 2.36. The molecule has 24 heavy (non-hydrogen) atoms. The molecule has 0 spiro atoms. The molecule has 0 aromatic heterocycles. The van der Waals surface area contributed by atoms with Gasteiger partial charge in [0.2, 0.25) is 11.8 Å². The van der Waals surface area contributed by atoms with Crippen LogP contribution in [0.15, 0.2) is 42.5 Å². The van der Waals surface area contributed by atoms with E-state index in [4.69, 9.17) is 11.6 Å². The molecule has 2 amide bonds. The van der Waals surface area contributed by atoms with Crippen LogP contribution in [0.5, 0.6) is 0 Å². The van der Waals surface area contributed by atoms with Gasteiger partial charge >= 0.3 is 0 Å². The molecule has 3 N–H and O–H groups in total.